The van der Waals surface area contributed by atoms with Crippen LogP contribution in [0.25, 0.3) is 0 Å². The van der Waals surface area contributed by atoms with E-state index in [1.807, 2.05) is 13.8 Å². The van der Waals surface area contributed by atoms with E-state index in [2.05, 4.69) is 15.2 Å². The predicted octanol–water partition coefficient (Wildman–Crippen LogP) is 3.13. The Balaban J connectivity index is 2.10. The first kappa shape index (κ1) is 17.5. The highest BCUT2D eigenvalue weighted by Gasteiger charge is 2.31. The Morgan fingerprint density at radius 3 is 2.76 bits per heavy atom. The molecule has 6 nitrogen and oxygen atoms in total. The van der Waals surface area contributed by atoms with Crippen LogP contribution in [-0.4, -0.2) is 28.1 Å². The van der Waals surface area contributed by atoms with Gasteiger partial charge in [-0.3, -0.25) is 19.4 Å². The summed E-state index contributed by atoms with van der Waals surface area (Å²) in [5, 5.41) is 5.02. The first-order valence-corrected chi connectivity index (χ1v) is 8.72. The Bertz CT molecular complexity index is 847. The second kappa shape index (κ2) is 6.91. The van der Waals surface area contributed by atoms with Crippen molar-refractivity contribution in [2.45, 2.75) is 31.8 Å². The number of amides is 1. The number of fused-ring (bicyclic) bond motifs is 1. The number of alkyl halides is 2. The summed E-state index contributed by atoms with van der Waals surface area (Å²) in [6, 6.07) is 6.14. The number of aromatic nitrogens is 2. The van der Waals surface area contributed by atoms with Gasteiger partial charge in [-0.05, 0) is 31.5 Å². The molecule has 1 aliphatic heterocycles. The molecule has 2 N–H and O–H groups in total. The zero-order valence-electron chi connectivity index (χ0n) is 13.6. The Labute approximate surface area is 146 Å². The smallest absolute Gasteiger partial charge is 0.387 e. The largest absolute Gasteiger partial charge is 0.435 e. The van der Waals surface area contributed by atoms with Gasteiger partial charge in [0.25, 0.3) is 5.56 Å². The van der Waals surface area contributed by atoms with Crippen LogP contribution in [0.4, 0.5) is 14.6 Å². The lowest BCUT2D eigenvalue weighted by Crippen LogP contribution is -2.17. The van der Waals surface area contributed by atoms with Crippen molar-refractivity contribution in [2.24, 2.45) is 0 Å². The molecule has 1 atom stereocenters. The van der Waals surface area contributed by atoms with E-state index >= 15 is 0 Å². The summed E-state index contributed by atoms with van der Waals surface area (Å²) in [6.45, 7) is 0.834. The maximum atomic E-state index is 12.5. The molecule has 9 heteroatoms. The summed E-state index contributed by atoms with van der Waals surface area (Å²) in [5.41, 5.74) is 0.704. The number of ether oxygens (including phenoxy) is 1. The van der Waals surface area contributed by atoms with Crippen LogP contribution < -0.4 is 15.6 Å². The van der Waals surface area contributed by atoms with Crippen LogP contribution in [0, 0.1) is 0 Å². The minimum Gasteiger partial charge on any atom is -0.435 e. The van der Waals surface area contributed by atoms with Gasteiger partial charge in [0.15, 0.2) is 0 Å². The number of thioether (sulfide) groups is 1. The molecule has 1 unspecified atom stereocenters. The van der Waals surface area contributed by atoms with Crippen molar-refractivity contribution < 1.29 is 18.3 Å². The monoisotopic (exact) mass is 369 g/mol. The molecule has 1 amide bonds. The SMILES string of the molecule is CC(C)n1[nH]c(=O)c2c1NC(=O)CSC2c1cccc(OC(F)F)c1. The third-order valence-corrected chi connectivity index (χ3v) is 5.04. The molecule has 1 aromatic heterocycles. The van der Waals surface area contributed by atoms with Crippen molar-refractivity contribution in [1.82, 2.24) is 9.78 Å². The summed E-state index contributed by atoms with van der Waals surface area (Å²) < 4.78 is 31.0. The molecule has 0 bridgehead atoms. The molecule has 0 spiro atoms. The topological polar surface area (TPSA) is 76.1 Å². The van der Waals surface area contributed by atoms with Gasteiger partial charge in [-0.15, -0.1) is 11.8 Å². The first-order chi connectivity index (χ1) is 11.9. The van der Waals surface area contributed by atoms with Crippen LogP contribution in [0.2, 0.25) is 0 Å². The zero-order valence-corrected chi connectivity index (χ0v) is 14.4. The maximum Gasteiger partial charge on any atom is 0.387 e. The normalized spacial score (nSPS) is 17.4. The van der Waals surface area contributed by atoms with Gasteiger partial charge in [0, 0.05) is 6.04 Å². The lowest BCUT2D eigenvalue weighted by molar-refractivity contribution is -0.113. The van der Waals surface area contributed by atoms with Crippen LogP contribution in [0.15, 0.2) is 29.1 Å². The fourth-order valence-corrected chi connectivity index (χ4v) is 3.86. The molecule has 1 aromatic carbocycles. The molecule has 0 radical (unpaired) electrons. The van der Waals surface area contributed by atoms with E-state index in [-0.39, 0.29) is 29.0 Å². The Morgan fingerprint density at radius 2 is 2.08 bits per heavy atom. The van der Waals surface area contributed by atoms with Gasteiger partial charge in [-0.2, -0.15) is 8.78 Å². The number of aromatic amines is 1. The van der Waals surface area contributed by atoms with Gasteiger partial charge in [-0.25, -0.2) is 0 Å². The number of anilines is 1. The van der Waals surface area contributed by atoms with E-state index in [0.717, 1.165) is 0 Å². The number of halogens is 2. The van der Waals surface area contributed by atoms with Crippen LogP contribution in [0.1, 0.15) is 36.3 Å². The zero-order chi connectivity index (χ0) is 18.1. The van der Waals surface area contributed by atoms with Crippen LogP contribution in [-0.2, 0) is 4.79 Å². The molecule has 2 heterocycles. The van der Waals surface area contributed by atoms with Crippen LogP contribution >= 0.6 is 11.8 Å². The lowest BCUT2D eigenvalue weighted by Gasteiger charge is -2.16. The van der Waals surface area contributed by atoms with Gasteiger partial charge in [-0.1, -0.05) is 12.1 Å². The van der Waals surface area contributed by atoms with Crippen molar-refractivity contribution in [3.63, 3.8) is 0 Å². The maximum absolute atomic E-state index is 12.5. The average Bonchev–Trinajstić information content (AvgIpc) is 2.74. The van der Waals surface area contributed by atoms with Gasteiger partial charge in [0.2, 0.25) is 5.91 Å². The van der Waals surface area contributed by atoms with Gasteiger partial charge < -0.3 is 10.1 Å². The predicted molar refractivity (Wildman–Crippen MR) is 91.4 cm³/mol. The summed E-state index contributed by atoms with van der Waals surface area (Å²) in [7, 11) is 0. The minimum absolute atomic E-state index is 0.0119. The number of carbonyl (C=O) groups excluding carboxylic acids is 1. The second-order valence-electron chi connectivity index (χ2n) is 5.86. The Morgan fingerprint density at radius 1 is 1.32 bits per heavy atom. The Kier molecular flexibility index (Phi) is 4.85. The van der Waals surface area contributed by atoms with Gasteiger partial charge >= 0.3 is 6.61 Å². The van der Waals surface area contributed by atoms with E-state index < -0.39 is 11.9 Å². The highest BCUT2D eigenvalue weighted by molar-refractivity contribution is 8.00. The summed E-state index contributed by atoms with van der Waals surface area (Å²) in [4.78, 5) is 24.5. The van der Waals surface area contributed by atoms with Crippen LogP contribution in [0.3, 0.4) is 0 Å². The molecule has 25 heavy (non-hydrogen) atoms. The molecule has 0 saturated heterocycles. The van der Waals surface area contributed by atoms with Gasteiger partial charge in [0.1, 0.15) is 11.6 Å². The highest BCUT2D eigenvalue weighted by atomic mass is 32.2. The molecular weight excluding hydrogens is 352 g/mol. The van der Waals surface area contributed by atoms with Crippen molar-refractivity contribution in [3.05, 3.63) is 45.7 Å². The average molecular weight is 369 g/mol. The third kappa shape index (κ3) is 3.55. The molecule has 1 aliphatic rings. The Hall–Kier alpha value is -2.29. The van der Waals surface area contributed by atoms with E-state index in [1.165, 1.54) is 23.9 Å². The van der Waals surface area contributed by atoms with E-state index in [9.17, 15) is 18.4 Å². The number of hydrogen-bond acceptors (Lipinski definition) is 4. The molecule has 2 aromatic rings. The molecular formula is C16H17F2N3O3S. The van der Waals surface area contributed by atoms with E-state index in [1.54, 1.807) is 16.8 Å². The summed E-state index contributed by atoms with van der Waals surface area (Å²) >= 11 is 1.27. The lowest BCUT2D eigenvalue weighted by atomic mass is 10.1. The van der Waals surface area contributed by atoms with Crippen LogP contribution in [0.5, 0.6) is 5.75 Å². The number of benzene rings is 1. The first-order valence-electron chi connectivity index (χ1n) is 7.67. The van der Waals surface area contributed by atoms with Crippen molar-refractivity contribution in [1.29, 1.82) is 0 Å². The fraction of sp³-hybridized carbons (Fsp3) is 0.375. The third-order valence-electron chi connectivity index (χ3n) is 3.77. The number of nitrogens with zero attached hydrogens (tertiary/aromatic N) is 1. The number of carbonyl (C=O) groups is 1. The highest BCUT2D eigenvalue weighted by Crippen LogP contribution is 2.41. The molecule has 0 saturated carbocycles. The number of rotatable bonds is 4. The number of hydrogen-bond donors (Lipinski definition) is 2. The molecule has 0 aliphatic carbocycles. The van der Waals surface area contributed by atoms with Crippen molar-refractivity contribution in [3.8, 4) is 5.75 Å². The minimum atomic E-state index is -2.93. The molecule has 134 valence electrons. The quantitative estimate of drug-likeness (QED) is 0.868. The molecule has 0 fully saturated rings. The second-order valence-corrected chi connectivity index (χ2v) is 6.95. The van der Waals surface area contributed by atoms with Crippen molar-refractivity contribution >= 4 is 23.5 Å². The fourth-order valence-electron chi connectivity index (χ4n) is 2.75. The summed E-state index contributed by atoms with van der Waals surface area (Å²) in [6.07, 6.45) is 0. The summed E-state index contributed by atoms with van der Waals surface area (Å²) in [5.74, 6) is 0.358. The van der Waals surface area contributed by atoms with Crippen molar-refractivity contribution in [2.75, 3.05) is 11.1 Å². The van der Waals surface area contributed by atoms with Gasteiger partial charge in [0.05, 0.1) is 16.6 Å². The number of nitrogens with one attached hydrogen (secondary N) is 2. The molecule has 3 rings (SSSR count). The number of H-pyrrole nitrogens is 1. The van der Waals surface area contributed by atoms with E-state index in [0.29, 0.717) is 16.9 Å². The standard InChI is InChI=1S/C16H17F2N3O3S/c1-8(2)21-14-12(15(23)20-21)13(25-7-11(22)19-14)9-4-3-5-10(6-9)24-16(17)18/h3-6,8,13,16H,7H2,1-2H3,(H,19,22)(H,20,23). The van der Waals surface area contributed by atoms with E-state index in [4.69, 9.17) is 0 Å².